The van der Waals surface area contributed by atoms with E-state index in [-0.39, 0.29) is 0 Å². The number of nitrogens with zero attached hydrogens (tertiary/aromatic N) is 2. The van der Waals surface area contributed by atoms with Crippen LogP contribution in [0.25, 0.3) is 0 Å². The lowest BCUT2D eigenvalue weighted by molar-refractivity contribution is 0.225. The maximum absolute atomic E-state index is 5.64. The average Bonchev–Trinajstić information content (AvgIpc) is 3.04. The number of aryl methyl sites for hydroxylation is 1. The summed E-state index contributed by atoms with van der Waals surface area (Å²) in [5.74, 6) is 0.690. The van der Waals surface area contributed by atoms with E-state index in [9.17, 15) is 0 Å². The minimum absolute atomic E-state index is 0.690. The van der Waals surface area contributed by atoms with E-state index >= 15 is 0 Å². The zero-order valence-corrected chi connectivity index (χ0v) is 11.3. The van der Waals surface area contributed by atoms with Crippen molar-refractivity contribution < 1.29 is 4.74 Å². The Morgan fingerprint density at radius 1 is 1.56 bits per heavy atom. The van der Waals surface area contributed by atoms with Crippen LogP contribution in [0.1, 0.15) is 18.4 Å². The van der Waals surface area contributed by atoms with Gasteiger partial charge in [0.2, 0.25) is 5.88 Å². The molecule has 0 spiro atoms. The highest BCUT2D eigenvalue weighted by atomic mass is 79.9. The zero-order chi connectivity index (χ0) is 11.5. The molecule has 1 aromatic heterocycles. The first-order valence-corrected chi connectivity index (χ1v) is 6.41. The van der Waals surface area contributed by atoms with Gasteiger partial charge in [0.25, 0.3) is 0 Å². The lowest BCUT2D eigenvalue weighted by atomic mass is 10.3. The number of ether oxygens (including phenoxy) is 1. The van der Waals surface area contributed by atoms with Crippen molar-refractivity contribution in [1.82, 2.24) is 9.88 Å². The molecule has 0 unspecified atom stereocenters. The summed E-state index contributed by atoms with van der Waals surface area (Å²) < 4.78 is 6.57. The summed E-state index contributed by atoms with van der Waals surface area (Å²) in [5.41, 5.74) is 1.13. The molecule has 3 nitrogen and oxygen atoms in total. The molecule has 1 aromatic rings. The second kappa shape index (κ2) is 5.15. The molecule has 0 atom stereocenters. The van der Waals surface area contributed by atoms with Gasteiger partial charge in [0, 0.05) is 18.8 Å². The van der Waals surface area contributed by atoms with E-state index in [1.54, 1.807) is 0 Å². The van der Waals surface area contributed by atoms with E-state index < -0.39 is 0 Å². The molecule has 16 heavy (non-hydrogen) atoms. The van der Waals surface area contributed by atoms with Crippen LogP contribution in [0.4, 0.5) is 0 Å². The van der Waals surface area contributed by atoms with E-state index in [0.29, 0.717) is 12.5 Å². The minimum Gasteiger partial charge on any atom is -0.476 e. The maximum Gasteiger partial charge on any atom is 0.227 e. The summed E-state index contributed by atoms with van der Waals surface area (Å²) in [6, 6.07) is 2.81. The molecular formula is C12H17BrN2O. The molecule has 0 amide bonds. The fourth-order valence-electron chi connectivity index (χ4n) is 1.61. The van der Waals surface area contributed by atoms with Crippen LogP contribution in [0.3, 0.4) is 0 Å². The lowest BCUT2D eigenvalue weighted by Gasteiger charge is -2.15. The second-order valence-corrected chi connectivity index (χ2v) is 5.21. The Balaban J connectivity index is 1.80. The van der Waals surface area contributed by atoms with E-state index in [1.165, 1.54) is 12.8 Å². The highest BCUT2D eigenvalue weighted by Gasteiger charge is 2.25. The smallest absolute Gasteiger partial charge is 0.227 e. The van der Waals surface area contributed by atoms with Gasteiger partial charge in [-0.25, -0.2) is 4.98 Å². The number of aromatic nitrogens is 1. The van der Waals surface area contributed by atoms with Crippen LogP contribution < -0.4 is 4.74 Å². The van der Waals surface area contributed by atoms with Crippen molar-refractivity contribution in [1.29, 1.82) is 0 Å². The molecule has 4 heteroatoms. The molecular weight excluding hydrogens is 268 g/mol. The molecule has 0 radical (unpaired) electrons. The van der Waals surface area contributed by atoms with Gasteiger partial charge in [-0.1, -0.05) is 0 Å². The molecule has 0 aliphatic heterocycles. The minimum atomic E-state index is 0.690. The highest BCUT2D eigenvalue weighted by molar-refractivity contribution is 9.10. The fourth-order valence-corrected chi connectivity index (χ4v) is 2.19. The number of likely N-dealkylation sites (N-methyl/N-ethyl adjacent to an activating group) is 1. The number of hydrogen-bond donors (Lipinski definition) is 0. The summed E-state index contributed by atoms with van der Waals surface area (Å²) in [6.07, 6.45) is 4.50. The number of halogens is 1. The molecule has 0 aromatic carbocycles. The molecule has 0 saturated heterocycles. The first-order chi connectivity index (χ1) is 7.66. The molecule has 1 aliphatic rings. The van der Waals surface area contributed by atoms with Gasteiger partial charge in [-0.15, -0.1) is 0 Å². The van der Waals surface area contributed by atoms with Gasteiger partial charge in [0.05, 0.1) is 4.47 Å². The van der Waals surface area contributed by atoms with Gasteiger partial charge < -0.3 is 9.64 Å². The van der Waals surface area contributed by atoms with Gasteiger partial charge in [-0.05, 0) is 54.4 Å². The largest absolute Gasteiger partial charge is 0.476 e. The Hall–Kier alpha value is -0.610. The van der Waals surface area contributed by atoms with Gasteiger partial charge in [0.15, 0.2) is 0 Å². The standard InChI is InChI=1S/C12H17BrN2O/c1-9-7-11(13)12(14-8-9)16-6-5-15(2)10-3-4-10/h7-8,10H,3-6H2,1-2H3. The van der Waals surface area contributed by atoms with Crippen molar-refractivity contribution in [2.45, 2.75) is 25.8 Å². The third-order valence-electron chi connectivity index (χ3n) is 2.80. The number of pyridine rings is 1. The molecule has 1 fully saturated rings. The van der Waals surface area contributed by atoms with Crippen LogP contribution in [-0.4, -0.2) is 36.1 Å². The Kier molecular flexibility index (Phi) is 3.82. The maximum atomic E-state index is 5.64. The Bertz CT molecular complexity index is 366. The van der Waals surface area contributed by atoms with E-state index in [2.05, 4.69) is 32.9 Å². The van der Waals surface area contributed by atoms with Crippen molar-refractivity contribution >= 4 is 15.9 Å². The van der Waals surface area contributed by atoms with Crippen LogP contribution in [0.15, 0.2) is 16.7 Å². The SMILES string of the molecule is Cc1cnc(OCCN(C)C2CC2)c(Br)c1. The van der Waals surface area contributed by atoms with Crippen LogP contribution in [0.2, 0.25) is 0 Å². The highest BCUT2D eigenvalue weighted by Crippen LogP contribution is 2.25. The van der Waals surface area contributed by atoms with Crippen molar-refractivity contribution in [2.24, 2.45) is 0 Å². The topological polar surface area (TPSA) is 25.4 Å². The summed E-state index contributed by atoms with van der Waals surface area (Å²) in [6.45, 7) is 3.68. The number of hydrogen-bond acceptors (Lipinski definition) is 3. The Morgan fingerprint density at radius 2 is 2.31 bits per heavy atom. The summed E-state index contributed by atoms with van der Waals surface area (Å²) >= 11 is 3.45. The first-order valence-electron chi connectivity index (χ1n) is 5.62. The van der Waals surface area contributed by atoms with Gasteiger partial charge in [0.1, 0.15) is 6.61 Å². The molecule has 0 N–H and O–H groups in total. The number of rotatable bonds is 5. The summed E-state index contributed by atoms with van der Waals surface area (Å²) in [5, 5.41) is 0. The normalized spacial score (nSPS) is 15.5. The first kappa shape index (κ1) is 11.9. The van der Waals surface area contributed by atoms with E-state index in [4.69, 9.17) is 4.74 Å². The fraction of sp³-hybridized carbons (Fsp3) is 0.583. The summed E-state index contributed by atoms with van der Waals surface area (Å²) in [7, 11) is 2.15. The van der Waals surface area contributed by atoms with Crippen LogP contribution in [0.5, 0.6) is 5.88 Å². The van der Waals surface area contributed by atoms with E-state index in [1.807, 2.05) is 19.2 Å². The van der Waals surface area contributed by atoms with Gasteiger partial charge >= 0.3 is 0 Å². The average molecular weight is 285 g/mol. The zero-order valence-electron chi connectivity index (χ0n) is 9.74. The predicted octanol–water partition coefficient (Wildman–Crippen LogP) is 2.63. The monoisotopic (exact) mass is 284 g/mol. The third kappa shape index (κ3) is 3.19. The lowest BCUT2D eigenvalue weighted by Crippen LogP contribution is -2.26. The predicted molar refractivity (Wildman–Crippen MR) is 67.8 cm³/mol. The molecule has 2 rings (SSSR count). The van der Waals surface area contributed by atoms with Crippen LogP contribution in [-0.2, 0) is 0 Å². The summed E-state index contributed by atoms with van der Waals surface area (Å²) in [4.78, 5) is 6.60. The van der Waals surface area contributed by atoms with Crippen molar-refractivity contribution in [3.8, 4) is 5.88 Å². The van der Waals surface area contributed by atoms with Crippen molar-refractivity contribution in [3.63, 3.8) is 0 Å². The van der Waals surface area contributed by atoms with Gasteiger partial charge in [-0.2, -0.15) is 0 Å². The van der Waals surface area contributed by atoms with Crippen LogP contribution >= 0.6 is 15.9 Å². The molecule has 0 bridgehead atoms. The van der Waals surface area contributed by atoms with Crippen LogP contribution in [0, 0.1) is 6.92 Å². The molecule has 1 saturated carbocycles. The molecule has 1 heterocycles. The van der Waals surface area contributed by atoms with E-state index in [0.717, 1.165) is 22.6 Å². The third-order valence-corrected chi connectivity index (χ3v) is 3.37. The quantitative estimate of drug-likeness (QED) is 0.831. The molecule has 88 valence electrons. The molecule has 1 aliphatic carbocycles. The second-order valence-electron chi connectivity index (χ2n) is 4.36. The van der Waals surface area contributed by atoms with Gasteiger partial charge in [-0.3, -0.25) is 0 Å². The van der Waals surface area contributed by atoms with Crippen molar-refractivity contribution in [3.05, 3.63) is 22.3 Å². The van der Waals surface area contributed by atoms with Crippen molar-refractivity contribution in [2.75, 3.05) is 20.2 Å². The Morgan fingerprint density at radius 3 is 2.94 bits per heavy atom. The Labute approximate surface area is 105 Å².